The Morgan fingerprint density at radius 1 is 0.933 bits per heavy atom. The smallest absolute Gasteiger partial charge is 0.200 e. The summed E-state index contributed by atoms with van der Waals surface area (Å²) in [7, 11) is 0. The van der Waals surface area contributed by atoms with Crippen LogP contribution in [0.25, 0.3) is 0 Å². The molecular formula is C7H11Cl3F4Si. The Hall–Kier alpha value is 0.807. The van der Waals surface area contributed by atoms with E-state index in [0.29, 0.717) is 0 Å². The fraction of sp³-hybridized carbons (Fsp3) is 1.00. The lowest BCUT2D eigenvalue weighted by Crippen LogP contribution is -2.41. The molecule has 0 aliphatic heterocycles. The zero-order chi connectivity index (χ0) is 12.3. The summed E-state index contributed by atoms with van der Waals surface area (Å²) in [5.41, 5.74) is 0. The molecule has 0 aromatic rings. The van der Waals surface area contributed by atoms with Gasteiger partial charge in [0.1, 0.15) is 0 Å². The Morgan fingerprint density at radius 2 is 1.33 bits per heavy atom. The molecule has 0 rings (SSSR count). The monoisotopic (exact) mass is 304 g/mol. The Labute approximate surface area is 101 Å². The van der Waals surface area contributed by atoms with E-state index in [2.05, 4.69) is 0 Å². The minimum absolute atomic E-state index is 0.0201. The summed E-state index contributed by atoms with van der Waals surface area (Å²) in [5, 5.41) is 0. The van der Waals surface area contributed by atoms with Gasteiger partial charge in [0.25, 0.3) is 0 Å². The van der Waals surface area contributed by atoms with E-state index in [1.165, 1.54) is 6.92 Å². The second kappa shape index (κ2) is 5.43. The van der Waals surface area contributed by atoms with Crippen LogP contribution in [0.2, 0.25) is 6.04 Å². The van der Waals surface area contributed by atoms with Crippen molar-refractivity contribution >= 4 is 39.2 Å². The summed E-state index contributed by atoms with van der Waals surface area (Å²) in [6.45, 7) is 1.41. The number of halogens is 7. The molecule has 0 atom stereocenters. The van der Waals surface area contributed by atoms with E-state index in [9.17, 15) is 17.6 Å². The Bertz CT molecular complexity index is 205. The highest BCUT2D eigenvalue weighted by atomic mass is 35.8. The SMILES string of the molecule is CCCC(F)(F)C(F)(F)CC[Si](Cl)(Cl)Cl. The highest BCUT2D eigenvalue weighted by Crippen LogP contribution is 2.43. The number of hydrogen-bond donors (Lipinski definition) is 0. The maximum absolute atomic E-state index is 13.0. The van der Waals surface area contributed by atoms with Gasteiger partial charge >= 0.3 is 17.8 Å². The molecule has 0 aromatic carbocycles. The lowest BCUT2D eigenvalue weighted by Gasteiger charge is -2.26. The van der Waals surface area contributed by atoms with E-state index in [-0.39, 0.29) is 6.42 Å². The average Bonchev–Trinajstić information content (AvgIpc) is 1.99. The van der Waals surface area contributed by atoms with Crippen LogP contribution in [0.4, 0.5) is 17.6 Å². The Morgan fingerprint density at radius 3 is 1.67 bits per heavy atom. The van der Waals surface area contributed by atoms with Gasteiger partial charge in [-0.2, -0.15) is 17.6 Å². The molecule has 0 radical (unpaired) electrons. The van der Waals surface area contributed by atoms with Crippen molar-refractivity contribution in [1.29, 1.82) is 0 Å². The highest BCUT2D eigenvalue weighted by molar-refractivity contribution is 7.64. The molecule has 0 unspecified atom stereocenters. The topological polar surface area (TPSA) is 0 Å². The summed E-state index contributed by atoms with van der Waals surface area (Å²) in [6, 6.07) is -3.73. The summed E-state index contributed by atoms with van der Waals surface area (Å²) in [4.78, 5) is 0. The van der Waals surface area contributed by atoms with Crippen molar-refractivity contribution in [3.63, 3.8) is 0 Å². The number of rotatable bonds is 6. The van der Waals surface area contributed by atoms with Crippen LogP contribution < -0.4 is 0 Å². The quantitative estimate of drug-likeness (QED) is 0.364. The first-order valence-electron chi connectivity index (χ1n) is 4.34. The molecule has 0 heterocycles. The van der Waals surface area contributed by atoms with E-state index < -0.39 is 36.7 Å². The zero-order valence-corrected chi connectivity index (χ0v) is 11.2. The third-order valence-electron chi connectivity index (χ3n) is 1.82. The van der Waals surface area contributed by atoms with Gasteiger partial charge in [0, 0.05) is 12.8 Å². The standard InChI is InChI=1S/C7H11Cl3F4Si/c1-2-3-6(11,12)7(13,14)4-5-15(8,9)10/h2-5H2,1H3. The first-order valence-corrected chi connectivity index (χ1v) is 9.58. The normalized spacial score (nSPS) is 14.4. The van der Waals surface area contributed by atoms with Gasteiger partial charge in [0.2, 0.25) is 0 Å². The molecule has 92 valence electrons. The molecule has 0 saturated heterocycles. The zero-order valence-electron chi connectivity index (χ0n) is 7.97. The van der Waals surface area contributed by atoms with Crippen LogP contribution in [-0.4, -0.2) is 17.8 Å². The van der Waals surface area contributed by atoms with Gasteiger partial charge in [-0.1, -0.05) is 13.3 Å². The second-order valence-electron chi connectivity index (χ2n) is 3.27. The molecule has 0 nitrogen and oxygen atoms in total. The minimum atomic E-state index is -4.10. The Kier molecular flexibility index (Phi) is 5.72. The first kappa shape index (κ1) is 15.8. The molecule has 0 aromatic heterocycles. The van der Waals surface area contributed by atoms with E-state index in [1.54, 1.807) is 0 Å². The maximum Gasteiger partial charge on any atom is 0.341 e. The van der Waals surface area contributed by atoms with Gasteiger partial charge in [-0.3, -0.25) is 0 Å². The van der Waals surface area contributed by atoms with Gasteiger partial charge in [-0.15, -0.1) is 33.2 Å². The fourth-order valence-electron chi connectivity index (χ4n) is 0.978. The van der Waals surface area contributed by atoms with Gasteiger partial charge in [0.15, 0.2) is 0 Å². The van der Waals surface area contributed by atoms with E-state index >= 15 is 0 Å². The van der Waals surface area contributed by atoms with E-state index in [0.717, 1.165) is 0 Å². The summed E-state index contributed by atoms with van der Waals surface area (Å²) < 4.78 is 51.9. The van der Waals surface area contributed by atoms with Crippen molar-refractivity contribution in [2.75, 3.05) is 0 Å². The molecule has 0 aliphatic carbocycles. The molecule has 0 amide bonds. The van der Waals surface area contributed by atoms with E-state index in [1.807, 2.05) is 0 Å². The highest BCUT2D eigenvalue weighted by Gasteiger charge is 2.55. The van der Waals surface area contributed by atoms with Crippen molar-refractivity contribution in [1.82, 2.24) is 0 Å². The second-order valence-corrected chi connectivity index (χ2v) is 12.6. The van der Waals surface area contributed by atoms with Crippen molar-refractivity contribution in [2.24, 2.45) is 0 Å². The van der Waals surface area contributed by atoms with Crippen molar-refractivity contribution in [3.8, 4) is 0 Å². The predicted molar refractivity (Wildman–Crippen MR) is 57.5 cm³/mol. The molecule has 15 heavy (non-hydrogen) atoms. The van der Waals surface area contributed by atoms with Crippen LogP contribution in [0.5, 0.6) is 0 Å². The van der Waals surface area contributed by atoms with Crippen LogP contribution in [0.3, 0.4) is 0 Å². The van der Waals surface area contributed by atoms with Crippen LogP contribution in [0.1, 0.15) is 26.2 Å². The lowest BCUT2D eigenvalue weighted by molar-refractivity contribution is -0.212. The molecular weight excluding hydrogens is 295 g/mol. The predicted octanol–water partition coefficient (Wildman–Crippen LogP) is 5.10. The number of alkyl halides is 4. The first-order chi connectivity index (χ1) is 6.52. The summed E-state index contributed by atoms with van der Waals surface area (Å²) >= 11 is 16.1. The van der Waals surface area contributed by atoms with Crippen LogP contribution in [0, 0.1) is 0 Å². The molecule has 0 aliphatic rings. The molecule has 8 heteroatoms. The maximum atomic E-state index is 13.0. The van der Waals surface area contributed by atoms with Crippen molar-refractivity contribution in [2.45, 2.75) is 44.1 Å². The molecule has 0 saturated carbocycles. The van der Waals surface area contributed by atoms with Crippen LogP contribution in [0.15, 0.2) is 0 Å². The van der Waals surface area contributed by atoms with Crippen molar-refractivity contribution < 1.29 is 17.6 Å². The summed E-state index contributed by atoms with van der Waals surface area (Å²) in [6.07, 6.45) is -1.96. The van der Waals surface area contributed by atoms with Crippen LogP contribution in [-0.2, 0) is 0 Å². The minimum Gasteiger partial charge on any atom is -0.200 e. The third kappa shape index (κ3) is 5.61. The van der Waals surface area contributed by atoms with E-state index in [4.69, 9.17) is 33.2 Å². The van der Waals surface area contributed by atoms with Gasteiger partial charge in [-0.25, -0.2) is 0 Å². The molecule has 0 bridgehead atoms. The van der Waals surface area contributed by atoms with Gasteiger partial charge in [-0.05, 0) is 6.04 Å². The van der Waals surface area contributed by atoms with Crippen molar-refractivity contribution in [3.05, 3.63) is 0 Å². The molecule has 0 spiro atoms. The third-order valence-corrected chi connectivity index (χ3v) is 4.34. The number of hydrogen-bond acceptors (Lipinski definition) is 0. The lowest BCUT2D eigenvalue weighted by atomic mass is 10.0. The Balaban J connectivity index is 4.40. The summed E-state index contributed by atoms with van der Waals surface area (Å²) in [5.74, 6) is -8.12. The van der Waals surface area contributed by atoms with Gasteiger partial charge in [0.05, 0.1) is 0 Å². The fourth-order valence-corrected chi connectivity index (χ4v) is 2.43. The largest absolute Gasteiger partial charge is 0.341 e. The van der Waals surface area contributed by atoms with Gasteiger partial charge < -0.3 is 0 Å². The molecule has 0 fully saturated rings. The average molecular weight is 306 g/mol. The molecule has 0 N–H and O–H groups in total. The van der Waals surface area contributed by atoms with Crippen LogP contribution >= 0.6 is 33.2 Å².